The van der Waals surface area contributed by atoms with Crippen LogP contribution >= 0.6 is 0 Å². The highest BCUT2D eigenvalue weighted by atomic mass is 16.7. The predicted molar refractivity (Wildman–Crippen MR) is 75.7 cm³/mol. The number of carbonyl (C=O) groups excluding carboxylic acids is 1. The minimum atomic E-state index is -1.32. The van der Waals surface area contributed by atoms with Crippen molar-refractivity contribution in [2.45, 2.75) is 64.6 Å². The summed E-state index contributed by atoms with van der Waals surface area (Å²) in [5, 5.41) is 0. The van der Waals surface area contributed by atoms with Gasteiger partial charge < -0.3 is 14.2 Å². The molecule has 0 saturated heterocycles. The topological polar surface area (TPSA) is 44.8 Å². The maximum absolute atomic E-state index is 12.3. The van der Waals surface area contributed by atoms with E-state index >= 15 is 0 Å². The Kier molecular flexibility index (Phi) is 5.10. The van der Waals surface area contributed by atoms with Gasteiger partial charge in [0, 0.05) is 19.3 Å². The first-order valence-corrected chi connectivity index (χ1v) is 7.63. The van der Waals surface area contributed by atoms with Gasteiger partial charge >= 0.3 is 11.8 Å². The summed E-state index contributed by atoms with van der Waals surface area (Å²) in [5.74, 6) is -0.0531. The molecule has 0 unspecified atom stereocenters. The van der Waals surface area contributed by atoms with Crippen LogP contribution in [-0.4, -0.2) is 18.4 Å². The van der Waals surface area contributed by atoms with E-state index in [2.05, 4.69) is 0 Å². The second-order valence-electron chi connectivity index (χ2n) is 5.16. The Balaban J connectivity index is 2.16. The largest absolute Gasteiger partial charge is 0.460 e. The number of hydrogen-bond donors (Lipinski definition) is 0. The standard InChI is InChI=1S/C16H24O4/c1-3-16(15(17)18-4-2,19-13-9-5-6-10-13)20-14-11-7-8-12-14/h9,11H,3-8,10,12H2,1-2H3. The Labute approximate surface area is 120 Å². The van der Waals surface area contributed by atoms with E-state index in [0.717, 1.165) is 50.0 Å². The zero-order chi connectivity index (χ0) is 14.4. The van der Waals surface area contributed by atoms with Crippen molar-refractivity contribution in [1.82, 2.24) is 0 Å². The van der Waals surface area contributed by atoms with Gasteiger partial charge in [-0.25, -0.2) is 4.79 Å². The number of carbonyl (C=O) groups is 1. The number of allylic oxidation sites excluding steroid dienone is 4. The van der Waals surface area contributed by atoms with E-state index < -0.39 is 11.8 Å². The molecule has 2 aliphatic carbocycles. The molecule has 0 spiro atoms. The van der Waals surface area contributed by atoms with Crippen LogP contribution in [0.4, 0.5) is 0 Å². The molecule has 2 rings (SSSR count). The van der Waals surface area contributed by atoms with Gasteiger partial charge in [-0.1, -0.05) is 6.92 Å². The van der Waals surface area contributed by atoms with Crippen molar-refractivity contribution in [2.24, 2.45) is 0 Å². The van der Waals surface area contributed by atoms with Gasteiger partial charge in [-0.15, -0.1) is 0 Å². The number of ether oxygens (including phenoxy) is 3. The second kappa shape index (κ2) is 6.82. The normalized spacial score (nSPS) is 18.5. The molecule has 0 aromatic heterocycles. The van der Waals surface area contributed by atoms with Crippen molar-refractivity contribution in [3.8, 4) is 0 Å². The van der Waals surface area contributed by atoms with E-state index in [-0.39, 0.29) is 0 Å². The smallest absolute Gasteiger partial charge is 0.392 e. The summed E-state index contributed by atoms with van der Waals surface area (Å²) in [7, 11) is 0. The van der Waals surface area contributed by atoms with E-state index in [0.29, 0.717) is 13.0 Å². The van der Waals surface area contributed by atoms with Gasteiger partial charge in [-0.05, 0) is 44.8 Å². The molecule has 0 aromatic carbocycles. The summed E-state index contributed by atoms with van der Waals surface area (Å²) in [6, 6.07) is 0. The van der Waals surface area contributed by atoms with Gasteiger partial charge in [0.1, 0.15) is 0 Å². The maximum atomic E-state index is 12.3. The van der Waals surface area contributed by atoms with E-state index in [4.69, 9.17) is 14.2 Å². The minimum absolute atomic E-state index is 0.325. The SMILES string of the molecule is CCOC(=O)C(CC)(OC1=CCCC1)OC1=CCCC1. The Hall–Kier alpha value is -1.45. The zero-order valence-electron chi connectivity index (χ0n) is 12.4. The summed E-state index contributed by atoms with van der Waals surface area (Å²) in [4.78, 5) is 12.3. The van der Waals surface area contributed by atoms with E-state index in [1.165, 1.54) is 0 Å². The third kappa shape index (κ3) is 3.35. The average molecular weight is 280 g/mol. The van der Waals surface area contributed by atoms with Gasteiger partial charge in [-0.2, -0.15) is 0 Å². The van der Waals surface area contributed by atoms with Gasteiger partial charge in [0.2, 0.25) is 0 Å². The summed E-state index contributed by atoms with van der Waals surface area (Å²) < 4.78 is 17.1. The van der Waals surface area contributed by atoms with Crippen LogP contribution in [0.1, 0.15) is 58.8 Å². The summed E-state index contributed by atoms with van der Waals surface area (Å²) in [6.45, 7) is 4.01. The minimum Gasteiger partial charge on any atom is -0.460 e. The molecule has 0 amide bonds. The van der Waals surface area contributed by atoms with Crippen LogP contribution in [-0.2, 0) is 19.0 Å². The van der Waals surface area contributed by atoms with Crippen molar-refractivity contribution < 1.29 is 19.0 Å². The van der Waals surface area contributed by atoms with Gasteiger partial charge in [0.05, 0.1) is 18.1 Å². The molecule has 4 heteroatoms. The Morgan fingerprint density at radius 2 is 1.65 bits per heavy atom. The molecule has 0 aromatic rings. The fraction of sp³-hybridized carbons (Fsp3) is 0.688. The molecule has 2 aliphatic rings. The maximum Gasteiger partial charge on any atom is 0.392 e. The lowest BCUT2D eigenvalue weighted by Gasteiger charge is -2.32. The third-order valence-corrected chi connectivity index (χ3v) is 3.64. The van der Waals surface area contributed by atoms with Crippen LogP contribution in [0.5, 0.6) is 0 Å². The fourth-order valence-corrected chi connectivity index (χ4v) is 2.53. The van der Waals surface area contributed by atoms with Crippen molar-refractivity contribution in [2.75, 3.05) is 6.61 Å². The molecule has 0 N–H and O–H groups in total. The summed E-state index contributed by atoms with van der Waals surface area (Å²) >= 11 is 0. The lowest BCUT2D eigenvalue weighted by atomic mass is 10.2. The molecular weight excluding hydrogens is 256 g/mol. The van der Waals surface area contributed by atoms with Gasteiger partial charge in [-0.3, -0.25) is 0 Å². The predicted octanol–water partition coefficient (Wildman–Crippen LogP) is 3.82. The number of esters is 1. The van der Waals surface area contributed by atoms with E-state index in [1.54, 1.807) is 6.92 Å². The van der Waals surface area contributed by atoms with E-state index in [9.17, 15) is 4.79 Å². The molecule has 0 saturated carbocycles. The second-order valence-corrected chi connectivity index (χ2v) is 5.16. The third-order valence-electron chi connectivity index (χ3n) is 3.64. The first-order valence-electron chi connectivity index (χ1n) is 7.63. The molecule has 0 bridgehead atoms. The van der Waals surface area contributed by atoms with Crippen molar-refractivity contribution >= 4 is 5.97 Å². The molecule has 112 valence electrons. The Bertz CT molecular complexity index is 383. The van der Waals surface area contributed by atoms with Crippen LogP contribution < -0.4 is 0 Å². The Morgan fingerprint density at radius 3 is 2.00 bits per heavy atom. The number of rotatable bonds is 7. The van der Waals surface area contributed by atoms with Crippen LogP contribution in [0.2, 0.25) is 0 Å². The molecule has 20 heavy (non-hydrogen) atoms. The Morgan fingerprint density at radius 1 is 1.10 bits per heavy atom. The average Bonchev–Trinajstić information content (AvgIpc) is 3.11. The highest BCUT2D eigenvalue weighted by molar-refractivity contribution is 5.78. The van der Waals surface area contributed by atoms with Gasteiger partial charge in [0.15, 0.2) is 0 Å². The van der Waals surface area contributed by atoms with Crippen molar-refractivity contribution in [3.05, 3.63) is 23.7 Å². The van der Waals surface area contributed by atoms with Crippen LogP contribution in [0.3, 0.4) is 0 Å². The molecule has 0 radical (unpaired) electrons. The monoisotopic (exact) mass is 280 g/mol. The molecule has 0 heterocycles. The highest BCUT2D eigenvalue weighted by Gasteiger charge is 2.45. The van der Waals surface area contributed by atoms with Gasteiger partial charge in [0.25, 0.3) is 0 Å². The molecule has 4 nitrogen and oxygen atoms in total. The molecule has 0 fully saturated rings. The zero-order valence-corrected chi connectivity index (χ0v) is 12.4. The van der Waals surface area contributed by atoms with Crippen LogP contribution in [0, 0.1) is 0 Å². The molecule has 0 aliphatic heterocycles. The lowest BCUT2D eigenvalue weighted by molar-refractivity contribution is -0.224. The number of hydrogen-bond acceptors (Lipinski definition) is 4. The van der Waals surface area contributed by atoms with E-state index in [1.807, 2.05) is 19.1 Å². The molecule has 0 atom stereocenters. The fourth-order valence-electron chi connectivity index (χ4n) is 2.53. The van der Waals surface area contributed by atoms with Crippen LogP contribution in [0.25, 0.3) is 0 Å². The first kappa shape index (κ1) is 14.9. The summed E-state index contributed by atoms with van der Waals surface area (Å²) in [6.07, 6.45) is 10.4. The first-order chi connectivity index (χ1) is 9.70. The lowest BCUT2D eigenvalue weighted by Crippen LogP contribution is -2.44. The van der Waals surface area contributed by atoms with Crippen LogP contribution in [0.15, 0.2) is 23.7 Å². The quantitative estimate of drug-likeness (QED) is 0.525. The van der Waals surface area contributed by atoms with Crippen molar-refractivity contribution in [1.29, 1.82) is 0 Å². The highest BCUT2D eigenvalue weighted by Crippen LogP contribution is 2.33. The van der Waals surface area contributed by atoms with Crippen molar-refractivity contribution in [3.63, 3.8) is 0 Å². The summed E-state index contributed by atoms with van der Waals surface area (Å²) in [5.41, 5.74) is 0. The molecular formula is C16H24O4.